The summed E-state index contributed by atoms with van der Waals surface area (Å²) in [5.74, 6) is 1.55. The predicted octanol–water partition coefficient (Wildman–Crippen LogP) is 9.85. The van der Waals surface area contributed by atoms with E-state index in [4.69, 9.17) is 0 Å². The Morgan fingerprint density at radius 1 is 0.415 bits per heavy atom. The fourth-order valence-electron chi connectivity index (χ4n) is 5.95. The smallest absolute Gasteiger partial charge is 0.119 e. The maximum absolute atomic E-state index is 10.6. The predicted molar refractivity (Wildman–Crippen MR) is 171 cm³/mol. The van der Waals surface area contributed by atoms with Crippen LogP contribution in [0.1, 0.15) is 125 Å². The molecule has 0 aliphatic carbocycles. The molecule has 0 aromatic heterocycles. The van der Waals surface area contributed by atoms with Crippen molar-refractivity contribution < 1.29 is 15.3 Å². The second kappa shape index (κ2) is 11.3. The summed E-state index contributed by atoms with van der Waals surface area (Å²) in [5, 5.41) is 31.6. The molecule has 0 unspecified atom stereocenters. The zero-order valence-electron chi connectivity index (χ0n) is 26.1. The van der Waals surface area contributed by atoms with Gasteiger partial charge in [-0.1, -0.05) is 116 Å². The highest BCUT2D eigenvalue weighted by molar-refractivity contribution is 5.56. The van der Waals surface area contributed by atoms with Gasteiger partial charge in [-0.15, -0.1) is 0 Å². The lowest BCUT2D eigenvalue weighted by Gasteiger charge is -2.34. The molecule has 0 spiro atoms. The topological polar surface area (TPSA) is 60.7 Å². The summed E-state index contributed by atoms with van der Waals surface area (Å²) in [6, 6.07) is 26.7. The van der Waals surface area contributed by atoms with E-state index in [0.717, 1.165) is 38.9 Å². The number of aromatic hydroxyl groups is 3. The molecule has 4 rings (SSSR count). The molecule has 3 nitrogen and oxygen atoms in total. The van der Waals surface area contributed by atoms with E-state index in [0.29, 0.717) is 17.2 Å². The summed E-state index contributed by atoms with van der Waals surface area (Å²) < 4.78 is 0. The molecule has 0 saturated heterocycles. The molecule has 0 fully saturated rings. The third-order valence-electron chi connectivity index (χ3n) is 9.01. The molecule has 3 N–H and O–H groups in total. The third-order valence-corrected chi connectivity index (χ3v) is 9.01. The Bertz CT molecular complexity index is 1470. The van der Waals surface area contributed by atoms with Crippen molar-refractivity contribution in [2.24, 2.45) is 0 Å². The number of hydrogen-bond donors (Lipinski definition) is 3. The van der Waals surface area contributed by atoms with E-state index >= 15 is 0 Å². The van der Waals surface area contributed by atoms with Crippen LogP contribution in [0.2, 0.25) is 0 Å². The summed E-state index contributed by atoms with van der Waals surface area (Å²) in [6.07, 6.45) is 0. The standard InChI is InChI=1S/C38H46O3/c1-23(2)31-20-28(14-17-34(31)39)37(7,8)26-10-12-27(13-11-26)38(9,29-15-18-35(40)32(21-29)24(3)4)30-16-19-36(41)33(22-30)25(5)6/h10-25,39-41H,1-9H3. The average molecular weight is 551 g/mol. The summed E-state index contributed by atoms with van der Waals surface area (Å²) in [7, 11) is 0. The van der Waals surface area contributed by atoms with E-state index in [1.807, 2.05) is 24.3 Å². The zero-order chi connectivity index (χ0) is 30.3. The van der Waals surface area contributed by atoms with Gasteiger partial charge in [-0.2, -0.15) is 0 Å². The summed E-state index contributed by atoms with van der Waals surface area (Å²) >= 11 is 0. The van der Waals surface area contributed by atoms with Gasteiger partial charge in [-0.25, -0.2) is 0 Å². The van der Waals surface area contributed by atoms with Gasteiger partial charge in [0, 0.05) is 10.8 Å². The number of phenols is 3. The van der Waals surface area contributed by atoms with E-state index in [-0.39, 0.29) is 23.2 Å². The van der Waals surface area contributed by atoms with Gasteiger partial charge in [0.2, 0.25) is 0 Å². The molecule has 0 atom stereocenters. The van der Waals surface area contributed by atoms with Crippen LogP contribution in [0.15, 0.2) is 78.9 Å². The minimum atomic E-state index is -0.527. The highest BCUT2D eigenvalue weighted by atomic mass is 16.3. The van der Waals surface area contributed by atoms with Crippen molar-refractivity contribution in [3.63, 3.8) is 0 Å². The van der Waals surface area contributed by atoms with E-state index in [1.165, 1.54) is 5.56 Å². The van der Waals surface area contributed by atoms with Crippen LogP contribution in [-0.2, 0) is 10.8 Å². The number of phenolic OH excluding ortho intramolecular Hbond substituents is 3. The number of hydrogen-bond acceptors (Lipinski definition) is 3. The van der Waals surface area contributed by atoms with Gasteiger partial charge in [-0.3, -0.25) is 0 Å². The van der Waals surface area contributed by atoms with Gasteiger partial charge in [0.05, 0.1) is 0 Å². The van der Waals surface area contributed by atoms with Gasteiger partial charge in [0.15, 0.2) is 0 Å². The molecule has 3 heteroatoms. The van der Waals surface area contributed by atoms with E-state index in [1.54, 1.807) is 12.1 Å². The maximum atomic E-state index is 10.6. The normalized spacial score (nSPS) is 12.5. The van der Waals surface area contributed by atoms with E-state index in [9.17, 15) is 15.3 Å². The Hall–Kier alpha value is -3.72. The number of benzene rings is 4. The first-order valence-electron chi connectivity index (χ1n) is 14.8. The quantitative estimate of drug-likeness (QED) is 0.191. The van der Waals surface area contributed by atoms with Crippen molar-refractivity contribution in [2.45, 2.75) is 90.9 Å². The molecule has 41 heavy (non-hydrogen) atoms. The van der Waals surface area contributed by atoms with Crippen molar-refractivity contribution in [2.75, 3.05) is 0 Å². The lowest BCUT2D eigenvalue weighted by Crippen LogP contribution is -2.26. The van der Waals surface area contributed by atoms with Gasteiger partial charge in [-0.05, 0) is 87.4 Å². The highest BCUT2D eigenvalue weighted by Gasteiger charge is 2.34. The van der Waals surface area contributed by atoms with Crippen LogP contribution in [0.4, 0.5) is 0 Å². The number of rotatable bonds is 8. The second-order valence-electron chi connectivity index (χ2n) is 13.1. The monoisotopic (exact) mass is 550 g/mol. The average Bonchev–Trinajstić information content (AvgIpc) is 2.92. The van der Waals surface area contributed by atoms with Crippen molar-refractivity contribution in [3.8, 4) is 17.2 Å². The first kappa shape index (κ1) is 30.2. The Morgan fingerprint density at radius 3 is 1.07 bits per heavy atom. The molecule has 216 valence electrons. The Balaban J connectivity index is 1.88. The summed E-state index contributed by atoms with van der Waals surface area (Å²) in [4.78, 5) is 0. The Morgan fingerprint density at radius 2 is 0.707 bits per heavy atom. The molecule has 0 saturated carbocycles. The molecular formula is C38H46O3. The van der Waals surface area contributed by atoms with E-state index < -0.39 is 5.41 Å². The first-order chi connectivity index (χ1) is 19.2. The Labute approximate surface area is 246 Å². The van der Waals surface area contributed by atoms with Crippen molar-refractivity contribution in [3.05, 3.63) is 123 Å². The fraction of sp³-hybridized carbons (Fsp3) is 0.368. The molecule has 0 amide bonds. The molecule has 0 heterocycles. The molecule has 4 aromatic rings. The van der Waals surface area contributed by atoms with Crippen LogP contribution in [0, 0.1) is 0 Å². The zero-order valence-corrected chi connectivity index (χ0v) is 26.1. The lowest BCUT2D eigenvalue weighted by molar-refractivity contribution is 0.462. The largest absolute Gasteiger partial charge is 0.508 e. The first-order valence-corrected chi connectivity index (χ1v) is 14.8. The molecule has 0 radical (unpaired) electrons. The van der Waals surface area contributed by atoms with Crippen molar-refractivity contribution >= 4 is 0 Å². The van der Waals surface area contributed by atoms with Crippen LogP contribution in [0.25, 0.3) is 0 Å². The van der Waals surface area contributed by atoms with Crippen LogP contribution in [-0.4, -0.2) is 15.3 Å². The Kier molecular flexibility index (Phi) is 8.32. The van der Waals surface area contributed by atoms with Gasteiger partial charge in [0.25, 0.3) is 0 Å². The maximum Gasteiger partial charge on any atom is 0.119 e. The SMILES string of the molecule is CC(C)c1cc(C(C)(C)c2ccc(C(C)(c3ccc(O)c(C(C)C)c3)c3ccc(O)c(C(C)C)c3)cc2)ccc1O. The minimum Gasteiger partial charge on any atom is -0.508 e. The fourth-order valence-corrected chi connectivity index (χ4v) is 5.95. The minimum absolute atomic E-state index is 0.175. The van der Waals surface area contributed by atoms with Crippen LogP contribution < -0.4 is 0 Å². The molecule has 4 aromatic carbocycles. The molecule has 0 aliphatic rings. The molecule has 0 bridgehead atoms. The van der Waals surface area contributed by atoms with E-state index in [2.05, 4.69) is 105 Å². The van der Waals surface area contributed by atoms with Crippen LogP contribution >= 0.6 is 0 Å². The summed E-state index contributed by atoms with van der Waals surface area (Å²) in [6.45, 7) is 19.3. The lowest BCUT2D eigenvalue weighted by atomic mass is 9.69. The van der Waals surface area contributed by atoms with Crippen LogP contribution in [0.3, 0.4) is 0 Å². The van der Waals surface area contributed by atoms with Crippen LogP contribution in [0.5, 0.6) is 17.2 Å². The molecule has 0 aliphatic heterocycles. The van der Waals surface area contributed by atoms with Crippen molar-refractivity contribution in [1.29, 1.82) is 0 Å². The van der Waals surface area contributed by atoms with Gasteiger partial charge in [0.1, 0.15) is 17.2 Å². The van der Waals surface area contributed by atoms with Gasteiger partial charge < -0.3 is 15.3 Å². The highest BCUT2D eigenvalue weighted by Crippen LogP contribution is 2.44. The third kappa shape index (κ3) is 5.60. The van der Waals surface area contributed by atoms with Crippen molar-refractivity contribution in [1.82, 2.24) is 0 Å². The van der Waals surface area contributed by atoms with Gasteiger partial charge >= 0.3 is 0 Å². The second-order valence-corrected chi connectivity index (χ2v) is 13.1. The molecular weight excluding hydrogens is 504 g/mol. The summed E-state index contributed by atoms with van der Waals surface area (Å²) in [5.41, 5.74) is 7.66.